The van der Waals surface area contributed by atoms with Crippen molar-refractivity contribution in [1.29, 1.82) is 0 Å². The summed E-state index contributed by atoms with van der Waals surface area (Å²) in [5.41, 5.74) is 5.84. The number of halogens is 1. The second kappa shape index (κ2) is 26.3. The van der Waals surface area contributed by atoms with Crippen molar-refractivity contribution in [2.45, 2.75) is 115 Å². The molecule has 2 fully saturated rings. The van der Waals surface area contributed by atoms with Gasteiger partial charge in [0.15, 0.2) is 6.79 Å². The number of carbonyl (C=O) groups is 2. The molecule has 9 heteroatoms. The zero-order valence-corrected chi connectivity index (χ0v) is 35.5. The van der Waals surface area contributed by atoms with Crippen molar-refractivity contribution >= 4 is 23.5 Å². The number of hydrogen-bond acceptors (Lipinski definition) is 8. The lowest BCUT2D eigenvalue weighted by molar-refractivity contribution is -0.129. The first-order valence-corrected chi connectivity index (χ1v) is 21.4. The van der Waals surface area contributed by atoms with Gasteiger partial charge in [0.2, 0.25) is 0 Å². The van der Waals surface area contributed by atoms with Gasteiger partial charge < -0.3 is 28.8 Å². The number of rotatable bonds is 16. The summed E-state index contributed by atoms with van der Waals surface area (Å²) in [5, 5.41) is 8.89. The van der Waals surface area contributed by atoms with E-state index in [4.69, 9.17) is 40.4 Å². The molecule has 316 valence electrons. The third-order valence-electron chi connectivity index (χ3n) is 10.6. The Morgan fingerprint density at radius 1 is 0.593 bits per heavy atom. The van der Waals surface area contributed by atoms with Crippen LogP contribution in [0.25, 0.3) is 0 Å². The van der Waals surface area contributed by atoms with Gasteiger partial charge in [-0.1, -0.05) is 100.0 Å². The van der Waals surface area contributed by atoms with Gasteiger partial charge in [0, 0.05) is 12.2 Å². The smallest absolute Gasteiger partial charge is 0.335 e. The third-order valence-corrected chi connectivity index (χ3v) is 10.7. The van der Waals surface area contributed by atoms with Gasteiger partial charge in [0.25, 0.3) is 0 Å². The van der Waals surface area contributed by atoms with Crippen molar-refractivity contribution in [1.82, 2.24) is 0 Å². The van der Waals surface area contributed by atoms with Gasteiger partial charge in [-0.15, -0.1) is 0 Å². The third kappa shape index (κ3) is 17.1. The molecule has 4 aromatic rings. The zero-order valence-electron chi connectivity index (χ0n) is 34.7. The summed E-state index contributed by atoms with van der Waals surface area (Å²) in [6, 6.07) is 31.5. The molecule has 2 aliphatic rings. The van der Waals surface area contributed by atoms with Crippen LogP contribution in [-0.2, 0) is 31.9 Å². The molecular weight excluding hydrogens is 764 g/mol. The first kappa shape index (κ1) is 46.8. The Kier molecular flexibility index (Phi) is 20.8. The molecule has 2 saturated carbocycles. The van der Waals surface area contributed by atoms with E-state index in [1.807, 2.05) is 0 Å². The fourth-order valence-corrected chi connectivity index (χ4v) is 7.52. The maximum Gasteiger partial charge on any atom is 0.335 e. The second-order valence-corrected chi connectivity index (χ2v) is 15.1. The molecule has 1 N–H and O–H groups in total. The normalized spacial score (nSPS) is 18.4. The van der Waals surface area contributed by atoms with E-state index in [1.54, 1.807) is 24.3 Å². The number of phenols is 1. The molecule has 0 aliphatic heterocycles. The summed E-state index contributed by atoms with van der Waals surface area (Å²) in [6.45, 7) is 11.3. The molecule has 0 heterocycles. The van der Waals surface area contributed by atoms with Crippen molar-refractivity contribution in [2.75, 3.05) is 12.9 Å². The monoisotopic (exact) mass is 824 g/mol. The van der Waals surface area contributed by atoms with E-state index in [0.717, 1.165) is 63.0 Å². The molecule has 59 heavy (non-hydrogen) atoms. The zero-order chi connectivity index (χ0) is 42.2. The van der Waals surface area contributed by atoms with E-state index in [1.165, 1.54) is 78.6 Å². The van der Waals surface area contributed by atoms with Gasteiger partial charge in [0.05, 0.1) is 12.2 Å². The van der Waals surface area contributed by atoms with Crippen molar-refractivity contribution in [3.05, 3.63) is 145 Å². The van der Waals surface area contributed by atoms with Crippen LogP contribution in [0.3, 0.4) is 0 Å². The molecule has 0 bridgehead atoms. The van der Waals surface area contributed by atoms with Crippen LogP contribution in [-0.4, -0.2) is 42.1 Å². The van der Waals surface area contributed by atoms with Gasteiger partial charge in [-0.25, -0.2) is 9.59 Å². The van der Waals surface area contributed by atoms with Gasteiger partial charge in [-0.3, -0.25) is 0 Å². The summed E-state index contributed by atoms with van der Waals surface area (Å²) < 4.78 is 26.8. The number of alkyl halides is 1. The molecule has 0 unspecified atom stereocenters. The Bertz CT molecular complexity index is 1810. The van der Waals surface area contributed by atoms with E-state index in [9.17, 15) is 9.59 Å². The summed E-state index contributed by atoms with van der Waals surface area (Å²) in [4.78, 5) is 21.8. The number of carbonyl (C=O) groups excluding carboxylic acids is 2. The number of aryl methyl sites for hydroxylation is 2. The lowest BCUT2D eigenvalue weighted by Gasteiger charge is -2.28. The molecule has 0 atom stereocenters. The highest BCUT2D eigenvalue weighted by Crippen LogP contribution is 2.35. The summed E-state index contributed by atoms with van der Waals surface area (Å²) in [5.74, 6) is 2.03. The van der Waals surface area contributed by atoms with Crippen LogP contribution in [0.4, 0.5) is 0 Å². The van der Waals surface area contributed by atoms with E-state index < -0.39 is 11.9 Å². The Balaban J connectivity index is 0.000000217. The van der Waals surface area contributed by atoms with Gasteiger partial charge in [-0.05, 0) is 147 Å². The van der Waals surface area contributed by atoms with E-state index in [2.05, 4.69) is 75.5 Å². The van der Waals surface area contributed by atoms with Crippen LogP contribution in [0.1, 0.15) is 112 Å². The van der Waals surface area contributed by atoms with Crippen LogP contribution >= 0.6 is 11.6 Å². The molecular formula is C50H61ClO8. The second-order valence-electron chi connectivity index (χ2n) is 14.9. The molecule has 6 rings (SSSR count). The highest BCUT2D eigenvalue weighted by atomic mass is 35.5. The van der Waals surface area contributed by atoms with Crippen LogP contribution in [0, 0.1) is 0 Å². The minimum atomic E-state index is -0.513. The number of phenolic OH excluding ortho intramolecular Hbond substituents is 1. The topological polar surface area (TPSA) is 101 Å². The van der Waals surface area contributed by atoms with Crippen molar-refractivity contribution < 1.29 is 38.4 Å². The van der Waals surface area contributed by atoms with Crippen LogP contribution < -0.4 is 14.2 Å². The minimum Gasteiger partial charge on any atom is -0.508 e. The Hall–Kier alpha value is -4.89. The Labute approximate surface area is 356 Å². The van der Waals surface area contributed by atoms with E-state index in [0.29, 0.717) is 35.3 Å². The number of benzene rings is 4. The van der Waals surface area contributed by atoms with Crippen molar-refractivity contribution in [3.8, 4) is 23.0 Å². The Morgan fingerprint density at radius 3 is 1.37 bits per heavy atom. The van der Waals surface area contributed by atoms with Gasteiger partial charge >= 0.3 is 11.9 Å². The first-order valence-electron chi connectivity index (χ1n) is 20.9. The summed E-state index contributed by atoms with van der Waals surface area (Å²) >= 11 is 5.61. The average Bonchev–Trinajstić information content (AvgIpc) is 3.27. The maximum absolute atomic E-state index is 11.2. The van der Waals surface area contributed by atoms with Crippen LogP contribution in [0.15, 0.2) is 122 Å². The Morgan fingerprint density at radius 2 is 0.983 bits per heavy atom. The maximum atomic E-state index is 11.2. The molecule has 0 saturated heterocycles. The molecule has 0 radical (unpaired) electrons. The molecule has 0 spiro atoms. The molecule has 4 aromatic carbocycles. The molecule has 0 amide bonds. The summed E-state index contributed by atoms with van der Waals surface area (Å²) in [6.07, 6.45) is 16.8. The van der Waals surface area contributed by atoms with Crippen LogP contribution in [0.5, 0.6) is 23.0 Å². The van der Waals surface area contributed by atoms with Crippen molar-refractivity contribution in [3.63, 3.8) is 0 Å². The van der Waals surface area contributed by atoms with Gasteiger partial charge in [-0.2, -0.15) is 0 Å². The lowest BCUT2D eigenvalue weighted by atomic mass is 9.82. The fraction of sp³-hybridized carbons (Fsp3) is 0.400. The summed E-state index contributed by atoms with van der Waals surface area (Å²) in [7, 11) is 0. The highest BCUT2D eigenvalue weighted by Gasteiger charge is 2.24. The molecule has 8 nitrogen and oxygen atoms in total. The largest absolute Gasteiger partial charge is 0.508 e. The predicted molar refractivity (Wildman–Crippen MR) is 235 cm³/mol. The van der Waals surface area contributed by atoms with Gasteiger partial charge in [0.1, 0.15) is 29.1 Å². The predicted octanol–water partition coefficient (Wildman–Crippen LogP) is 12.2. The SMILES string of the molecule is C=CC(=O)Oc1ccc(O)cc1.C=CC(=O)Oc1ccc(OCOC2CCC(c3ccc(CCC)cc3)CC2)cc1.CCCc1ccc(C2CCC(OCCl)CC2)cc1. The quantitative estimate of drug-likeness (QED) is 0.0392. The standard InChI is InChI=1S/C25H30O4.C16H23ClO.C9H8O3/c1-3-5-19-6-8-20(9-7-19)21-10-12-22(13-11-21)27-18-28-23-14-16-24(17-15-23)29-25(26)4-2;1-2-3-13-4-6-14(7-5-13)15-8-10-16(11-9-15)18-12-17;1-2-9(11)12-8-5-3-7(10)4-6-8/h4,6-9,14-17,21-22H,2-3,5,10-13,18H2,1H3;4-7,15-16H,2-3,8-12H2,1H3;2-6,10H,1H2. The molecule has 2 aliphatic carbocycles. The number of hydrogen-bond donors (Lipinski definition) is 1. The fourth-order valence-electron chi connectivity index (χ4n) is 7.34. The molecule has 0 aromatic heterocycles. The number of ether oxygens (including phenoxy) is 5. The average molecular weight is 825 g/mol. The highest BCUT2D eigenvalue weighted by molar-refractivity contribution is 6.17. The van der Waals surface area contributed by atoms with Crippen LogP contribution in [0.2, 0.25) is 0 Å². The number of esters is 2. The van der Waals surface area contributed by atoms with E-state index >= 15 is 0 Å². The number of aromatic hydroxyl groups is 1. The van der Waals surface area contributed by atoms with Crippen molar-refractivity contribution in [2.24, 2.45) is 0 Å². The minimum absolute atomic E-state index is 0.133. The van der Waals surface area contributed by atoms with E-state index in [-0.39, 0.29) is 18.6 Å². The first-order chi connectivity index (χ1) is 28.7. The lowest BCUT2D eigenvalue weighted by Crippen LogP contribution is -2.22.